The molecule has 0 bridgehead atoms. The first-order valence-electron chi connectivity index (χ1n) is 4.29. The lowest BCUT2D eigenvalue weighted by atomic mass is 10.5. The quantitative estimate of drug-likeness (QED) is 0.480. The molecule has 0 N–H and O–H groups in total. The Morgan fingerprint density at radius 1 is 1.55 bits per heavy atom. The highest BCUT2D eigenvalue weighted by atomic mass is 28.4. The Bertz CT molecular complexity index is 124. The van der Waals surface area contributed by atoms with E-state index >= 15 is 0 Å². The molecule has 1 aliphatic rings. The van der Waals surface area contributed by atoms with Gasteiger partial charge in [0.15, 0.2) is 8.32 Å². The Labute approximate surface area is 70.0 Å². The molecule has 1 aliphatic heterocycles. The second-order valence-electron chi connectivity index (χ2n) is 4.09. The van der Waals surface area contributed by atoms with Crippen molar-refractivity contribution in [3.05, 3.63) is 0 Å². The first-order valence-corrected chi connectivity index (χ1v) is 7.40. The molecule has 0 aromatic rings. The van der Waals surface area contributed by atoms with Gasteiger partial charge in [-0.25, -0.2) is 0 Å². The predicted molar refractivity (Wildman–Crippen MR) is 48.3 cm³/mol. The van der Waals surface area contributed by atoms with Crippen molar-refractivity contribution in [1.29, 1.82) is 0 Å². The van der Waals surface area contributed by atoms with Crippen LogP contribution in [0.2, 0.25) is 19.1 Å². The Morgan fingerprint density at radius 3 is 2.45 bits per heavy atom. The standard InChI is InChI=1S/C8H18O2Si/c1-7(2)10-11(3,4)6-8-5-9-8/h7-8H,5-6H2,1-4H3. The average Bonchev–Trinajstić information content (AvgIpc) is 2.43. The zero-order valence-corrected chi connectivity index (χ0v) is 8.89. The fourth-order valence-electron chi connectivity index (χ4n) is 1.42. The summed E-state index contributed by atoms with van der Waals surface area (Å²) in [6.45, 7) is 9.67. The third-order valence-electron chi connectivity index (χ3n) is 1.68. The fourth-order valence-corrected chi connectivity index (χ4v) is 4.13. The van der Waals surface area contributed by atoms with Crippen LogP contribution in [0.5, 0.6) is 0 Å². The van der Waals surface area contributed by atoms with Gasteiger partial charge in [-0.1, -0.05) is 0 Å². The normalized spacial score (nSPS) is 24.3. The monoisotopic (exact) mass is 174 g/mol. The van der Waals surface area contributed by atoms with E-state index in [1.807, 2.05) is 0 Å². The third-order valence-corrected chi connectivity index (χ3v) is 4.22. The molecule has 1 saturated heterocycles. The van der Waals surface area contributed by atoms with Gasteiger partial charge in [0.25, 0.3) is 0 Å². The first kappa shape index (κ1) is 9.23. The molecule has 1 atom stereocenters. The van der Waals surface area contributed by atoms with Gasteiger partial charge < -0.3 is 9.16 Å². The summed E-state index contributed by atoms with van der Waals surface area (Å²) >= 11 is 0. The molecule has 1 fully saturated rings. The highest BCUT2D eigenvalue weighted by Gasteiger charge is 2.34. The van der Waals surface area contributed by atoms with Gasteiger partial charge in [-0.3, -0.25) is 0 Å². The molecule has 0 saturated carbocycles. The molecular weight excluding hydrogens is 156 g/mol. The van der Waals surface area contributed by atoms with Crippen molar-refractivity contribution in [1.82, 2.24) is 0 Å². The molecule has 1 rings (SSSR count). The summed E-state index contributed by atoms with van der Waals surface area (Å²) in [4.78, 5) is 0. The van der Waals surface area contributed by atoms with E-state index in [2.05, 4.69) is 26.9 Å². The van der Waals surface area contributed by atoms with Crippen LogP contribution in [0.1, 0.15) is 13.8 Å². The second kappa shape index (κ2) is 3.25. The number of epoxide rings is 1. The number of ether oxygens (including phenoxy) is 1. The zero-order chi connectivity index (χ0) is 8.48. The van der Waals surface area contributed by atoms with Gasteiger partial charge in [0.1, 0.15) is 0 Å². The van der Waals surface area contributed by atoms with Crippen LogP contribution in [0.3, 0.4) is 0 Å². The zero-order valence-electron chi connectivity index (χ0n) is 7.89. The van der Waals surface area contributed by atoms with Crippen LogP contribution in [-0.4, -0.2) is 27.1 Å². The van der Waals surface area contributed by atoms with Crippen molar-refractivity contribution < 1.29 is 9.16 Å². The number of rotatable bonds is 4. The molecule has 0 aliphatic carbocycles. The first-order chi connectivity index (χ1) is 4.99. The van der Waals surface area contributed by atoms with Crippen LogP contribution in [0.15, 0.2) is 0 Å². The van der Waals surface area contributed by atoms with Crippen molar-refractivity contribution >= 4 is 8.32 Å². The maximum atomic E-state index is 5.85. The minimum atomic E-state index is -1.39. The topological polar surface area (TPSA) is 21.8 Å². The highest BCUT2D eigenvalue weighted by Crippen LogP contribution is 2.24. The van der Waals surface area contributed by atoms with E-state index in [1.165, 1.54) is 0 Å². The Morgan fingerprint density at radius 2 is 2.09 bits per heavy atom. The molecule has 0 aromatic carbocycles. The van der Waals surface area contributed by atoms with Crippen molar-refractivity contribution in [3.8, 4) is 0 Å². The van der Waals surface area contributed by atoms with Crippen molar-refractivity contribution in [2.75, 3.05) is 6.61 Å². The minimum Gasteiger partial charge on any atom is -0.415 e. The third kappa shape index (κ3) is 3.89. The Kier molecular flexibility index (Phi) is 2.73. The summed E-state index contributed by atoms with van der Waals surface area (Å²) in [5, 5.41) is 0. The summed E-state index contributed by atoms with van der Waals surface area (Å²) in [7, 11) is -1.39. The van der Waals surface area contributed by atoms with E-state index in [0.29, 0.717) is 12.2 Å². The maximum Gasteiger partial charge on any atom is 0.189 e. The molecule has 0 aromatic heterocycles. The smallest absolute Gasteiger partial charge is 0.189 e. The molecule has 11 heavy (non-hydrogen) atoms. The lowest BCUT2D eigenvalue weighted by Crippen LogP contribution is -2.34. The lowest BCUT2D eigenvalue weighted by Gasteiger charge is -2.24. The molecule has 1 unspecified atom stereocenters. The molecule has 0 amide bonds. The Hall–Kier alpha value is 0.137. The van der Waals surface area contributed by atoms with Gasteiger partial charge in [-0.15, -0.1) is 0 Å². The van der Waals surface area contributed by atoms with E-state index in [9.17, 15) is 0 Å². The van der Waals surface area contributed by atoms with E-state index in [0.717, 1.165) is 12.7 Å². The predicted octanol–water partition coefficient (Wildman–Crippen LogP) is 2.02. The van der Waals surface area contributed by atoms with Gasteiger partial charge in [0.2, 0.25) is 0 Å². The van der Waals surface area contributed by atoms with Crippen molar-refractivity contribution in [2.45, 2.75) is 45.2 Å². The van der Waals surface area contributed by atoms with E-state index < -0.39 is 8.32 Å². The molecule has 1 heterocycles. The highest BCUT2D eigenvalue weighted by molar-refractivity contribution is 6.71. The van der Waals surface area contributed by atoms with Gasteiger partial charge >= 0.3 is 0 Å². The molecule has 0 radical (unpaired) electrons. The SMILES string of the molecule is CC(C)O[Si](C)(C)CC1CO1. The lowest BCUT2D eigenvalue weighted by molar-refractivity contribution is 0.229. The largest absolute Gasteiger partial charge is 0.415 e. The van der Waals surface area contributed by atoms with Crippen LogP contribution < -0.4 is 0 Å². The second-order valence-corrected chi connectivity index (χ2v) is 8.25. The van der Waals surface area contributed by atoms with Gasteiger partial charge in [0.05, 0.1) is 12.7 Å². The van der Waals surface area contributed by atoms with Gasteiger partial charge in [0, 0.05) is 6.10 Å². The summed E-state index contributed by atoms with van der Waals surface area (Å²) < 4.78 is 11.0. The Balaban J connectivity index is 2.24. The summed E-state index contributed by atoms with van der Waals surface area (Å²) in [5.74, 6) is 0. The number of hydrogen-bond donors (Lipinski definition) is 0. The number of hydrogen-bond acceptors (Lipinski definition) is 2. The van der Waals surface area contributed by atoms with E-state index in [-0.39, 0.29) is 0 Å². The van der Waals surface area contributed by atoms with E-state index in [4.69, 9.17) is 9.16 Å². The summed E-state index contributed by atoms with van der Waals surface area (Å²) in [6.07, 6.45) is 0.894. The van der Waals surface area contributed by atoms with E-state index in [1.54, 1.807) is 0 Å². The van der Waals surface area contributed by atoms with Crippen molar-refractivity contribution in [3.63, 3.8) is 0 Å². The average molecular weight is 174 g/mol. The molecule has 66 valence electrons. The molecule has 3 heteroatoms. The van der Waals surface area contributed by atoms with Crippen LogP contribution in [0.4, 0.5) is 0 Å². The van der Waals surface area contributed by atoms with Crippen LogP contribution in [-0.2, 0) is 9.16 Å². The summed E-state index contributed by atoms with van der Waals surface area (Å²) in [6, 6.07) is 1.16. The van der Waals surface area contributed by atoms with Crippen LogP contribution in [0.25, 0.3) is 0 Å². The van der Waals surface area contributed by atoms with Crippen LogP contribution in [0, 0.1) is 0 Å². The van der Waals surface area contributed by atoms with Crippen LogP contribution >= 0.6 is 0 Å². The van der Waals surface area contributed by atoms with Gasteiger partial charge in [-0.2, -0.15) is 0 Å². The fraction of sp³-hybridized carbons (Fsp3) is 1.00. The molecule has 0 spiro atoms. The van der Waals surface area contributed by atoms with Gasteiger partial charge in [-0.05, 0) is 33.0 Å². The molecular formula is C8H18O2Si. The summed E-state index contributed by atoms with van der Waals surface area (Å²) in [5.41, 5.74) is 0. The maximum absolute atomic E-state index is 5.85. The minimum absolute atomic E-state index is 0.371. The molecule has 2 nitrogen and oxygen atoms in total. The van der Waals surface area contributed by atoms with Crippen molar-refractivity contribution in [2.24, 2.45) is 0 Å².